The lowest BCUT2D eigenvalue weighted by Gasteiger charge is -2.26. The molecule has 0 unspecified atom stereocenters. The summed E-state index contributed by atoms with van der Waals surface area (Å²) in [5.41, 5.74) is 6.51. The van der Waals surface area contributed by atoms with E-state index in [-0.39, 0.29) is 0 Å². The Morgan fingerprint density at radius 2 is 1.06 bits per heavy atom. The molecule has 0 fully saturated rings. The first-order chi connectivity index (χ1) is 16.3. The minimum Gasteiger partial charge on any atom is -0.310 e. The van der Waals surface area contributed by atoms with Gasteiger partial charge in [0.25, 0.3) is 0 Å². The Morgan fingerprint density at radius 3 is 1.82 bits per heavy atom. The zero-order chi connectivity index (χ0) is 22.2. The maximum absolute atomic E-state index is 5.99. The Balaban J connectivity index is 1.48. The van der Waals surface area contributed by atoms with Gasteiger partial charge in [-0.15, -0.1) is 11.3 Å². The van der Waals surface area contributed by atoms with Gasteiger partial charge >= 0.3 is 0 Å². The number of benzene rings is 5. The molecule has 0 bridgehead atoms. The second-order valence-corrected chi connectivity index (χ2v) is 9.20. The molecule has 0 atom stereocenters. The standard InChI is InChI=1S/C30H20BNS/c31-23-12-16-25(17-13-23)32(24-14-10-22(11-15-24)21-6-2-1-3-7-21)26-18-19-28-27-8-4-5-9-29(27)33-30(28)20-26/h1-20H. The quantitative estimate of drug-likeness (QED) is 0.253. The van der Waals surface area contributed by atoms with Gasteiger partial charge in [0.2, 0.25) is 0 Å². The smallest absolute Gasteiger partial charge is 0.113 e. The first-order valence-electron chi connectivity index (χ1n) is 11.0. The second kappa shape index (κ2) is 8.27. The van der Waals surface area contributed by atoms with Crippen LogP contribution in [0, 0.1) is 0 Å². The normalized spacial score (nSPS) is 11.2. The second-order valence-electron chi connectivity index (χ2n) is 8.12. The van der Waals surface area contributed by atoms with Gasteiger partial charge in [-0.1, -0.05) is 84.3 Å². The van der Waals surface area contributed by atoms with Crippen LogP contribution >= 0.6 is 11.3 Å². The third-order valence-electron chi connectivity index (χ3n) is 6.00. The van der Waals surface area contributed by atoms with Crippen molar-refractivity contribution in [2.75, 3.05) is 4.90 Å². The van der Waals surface area contributed by atoms with E-state index in [2.05, 4.69) is 108 Å². The van der Waals surface area contributed by atoms with E-state index < -0.39 is 0 Å². The maximum Gasteiger partial charge on any atom is 0.113 e. The van der Waals surface area contributed by atoms with Crippen LogP contribution in [0.3, 0.4) is 0 Å². The van der Waals surface area contributed by atoms with Crippen LogP contribution in [0.5, 0.6) is 0 Å². The van der Waals surface area contributed by atoms with E-state index in [1.54, 1.807) is 0 Å². The van der Waals surface area contributed by atoms with E-state index in [1.807, 2.05) is 29.5 Å². The molecule has 2 radical (unpaired) electrons. The van der Waals surface area contributed by atoms with Crippen LogP contribution in [-0.4, -0.2) is 7.85 Å². The van der Waals surface area contributed by atoms with Crippen LogP contribution in [0.4, 0.5) is 17.1 Å². The first-order valence-corrected chi connectivity index (χ1v) is 11.8. The van der Waals surface area contributed by atoms with E-state index in [9.17, 15) is 0 Å². The molecule has 6 rings (SSSR count). The SMILES string of the molecule is [B]c1ccc(N(c2ccc(-c3ccccc3)cc2)c2ccc3c(c2)sc2ccccc23)cc1. The Kier molecular flexibility index (Phi) is 4.97. The van der Waals surface area contributed by atoms with E-state index in [1.165, 1.54) is 31.3 Å². The summed E-state index contributed by atoms with van der Waals surface area (Å²) in [7, 11) is 5.99. The number of anilines is 3. The summed E-state index contributed by atoms with van der Waals surface area (Å²) in [6.45, 7) is 0. The van der Waals surface area contributed by atoms with Crippen molar-refractivity contribution in [2.24, 2.45) is 0 Å². The molecular formula is C30H20BNS. The van der Waals surface area contributed by atoms with E-state index in [0.717, 1.165) is 22.5 Å². The Morgan fingerprint density at radius 1 is 0.485 bits per heavy atom. The summed E-state index contributed by atoms with van der Waals surface area (Å²) in [6, 6.07) is 42.7. The van der Waals surface area contributed by atoms with Gasteiger partial charge in [0.1, 0.15) is 7.85 Å². The highest BCUT2D eigenvalue weighted by molar-refractivity contribution is 7.25. The largest absolute Gasteiger partial charge is 0.310 e. The van der Waals surface area contributed by atoms with Crippen molar-refractivity contribution in [2.45, 2.75) is 0 Å². The molecular weight excluding hydrogens is 417 g/mol. The fourth-order valence-corrected chi connectivity index (χ4v) is 5.50. The molecule has 5 aromatic carbocycles. The molecule has 1 heterocycles. The lowest BCUT2D eigenvalue weighted by Crippen LogP contribution is -2.11. The summed E-state index contributed by atoms with van der Waals surface area (Å²) < 4.78 is 2.60. The highest BCUT2D eigenvalue weighted by Crippen LogP contribution is 2.40. The van der Waals surface area contributed by atoms with Crippen LogP contribution in [0.15, 0.2) is 121 Å². The van der Waals surface area contributed by atoms with E-state index >= 15 is 0 Å². The predicted octanol–water partition coefficient (Wildman–Crippen LogP) is 7.99. The molecule has 0 aliphatic carbocycles. The molecule has 0 N–H and O–H groups in total. The minimum absolute atomic E-state index is 0.762. The third kappa shape index (κ3) is 3.71. The molecule has 0 aliphatic rings. The molecule has 0 spiro atoms. The highest BCUT2D eigenvalue weighted by atomic mass is 32.1. The molecule has 0 saturated carbocycles. The number of rotatable bonds is 4. The van der Waals surface area contributed by atoms with E-state index in [0.29, 0.717) is 0 Å². The van der Waals surface area contributed by atoms with Crippen molar-refractivity contribution in [1.29, 1.82) is 0 Å². The van der Waals surface area contributed by atoms with Crippen LogP contribution < -0.4 is 10.4 Å². The van der Waals surface area contributed by atoms with Gasteiger partial charge in [-0.25, -0.2) is 0 Å². The number of nitrogens with zero attached hydrogens (tertiary/aromatic N) is 1. The molecule has 0 saturated heterocycles. The monoisotopic (exact) mass is 437 g/mol. The molecule has 0 amide bonds. The average molecular weight is 437 g/mol. The molecule has 1 nitrogen and oxygen atoms in total. The van der Waals surface area contributed by atoms with Crippen LogP contribution in [0.2, 0.25) is 0 Å². The van der Waals surface area contributed by atoms with Crippen LogP contribution in [0.25, 0.3) is 31.3 Å². The number of hydrogen-bond acceptors (Lipinski definition) is 2. The van der Waals surface area contributed by atoms with Gasteiger partial charge < -0.3 is 4.90 Å². The fraction of sp³-hybridized carbons (Fsp3) is 0. The third-order valence-corrected chi connectivity index (χ3v) is 7.14. The zero-order valence-electron chi connectivity index (χ0n) is 18.0. The van der Waals surface area contributed by atoms with Crippen molar-refractivity contribution in [1.82, 2.24) is 0 Å². The lowest BCUT2D eigenvalue weighted by molar-refractivity contribution is 1.29. The van der Waals surface area contributed by atoms with E-state index in [4.69, 9.17) is 7.85 Å². The number of hydrogen-bond donors (Lipinski definition) is 0. The lowest BCUT2D eigenvalue weighted by atomic mass is 9.96. The summed E-state index contributed by atoms with van der Waals surface area (Å²) in [5.74, 6) is 0. The Bertz CT molecular complexity index is 1550. The average Bonchev–Trinajstić information content (AvgIpc) is 3.24. The topological polar surface area (TPSA) is 3.24 Å². The zero-order valence-corrected chi connectivity index (χ0v) is 18.8. The summed E-state index contributed by atoms with van der Waals surface area (Å²) in [4.78, 5) is 2.29. The Labute approximate surface area is 199 Å². The van der Waals surface area contributed by atoms with Crippen molar-refractivity contribution >= 4 is 61.9 Å². The van der Waals surface area contributed by atoms with Gasteiger partial charge in [-0.05, 0) is 53.6 Å². The van der Waals surface area contributed by atoms with Gasteiger partial charge in [0, 0.05) is 37.2 Å². The summed E-state index contributed by atoms with van der Waals surface area (Å²) in [5, 5.41) is 2.62. The van der Waals surface area contributed by atoms with Crippen LogP contribution in [-0.2, 0) is 0 Å². The molecule has 33 heavy (non-hydrogen) atoms. The molecule has 6 aromatic rings. The molecule has 0 aliphatic heterocycles. The van der Waals surface area contributed by atoms with Gasteiger partial charge in [-0.2, -0.15) is 0 Å². The molecule has 154 valence electrons. The van der Waals surface area contributed by atoms with Gasteiger partial charge in [-0.3, -0.25) is 0 Å². The number of fused-ring (bicyclic) bond motifs is 3. The van der Waals surface area contributed by atoms with Crippen molar-refractivity contribution in [3.05, 3.63) is 121 Å². The van der Waals surface area contributed by atoms with Crippen molar-refractivity contribution in [3.8, 4) is 11.1 Å². The Hall–Kier alpha value is -3.82. The van der Waals surface area contributed by atoms with Crippen molar-refractivity contribution in [3.63, 3.8) is 0 Å². The molecule has 1 aromatic heterocycles. The van der Waals surface area contributed by atoms with Crippen LogP contribution in [0.1, 0.15) is 0 Å². The van der Waals surface area contributed by atoms with Gasteiger partial charge in [0.15, 0.2) is 0 Å². The summed E-state index contributed by atoms with van der Waals surface area (Å²) in [6.07, 6.45) is 0. The summed E-state index contributed by atoms with van der Waals surface area (Å²) >= 11 is 1.84. The highest BCUT2D eigenvalue weighted by Gasteiger charge is 2.14. The number of thiophene rings is 1. The first kappa shape index (κ1) is 19.8. The maximum atomic E-state index is 5.99. The fourth-order valence-electron chi connectivity index (χ4n) is 4.36. The predicted molar refractivity (Wildman–Crippen MR) is 145 cm³/mol. The molecule has 3 heteroatoms. The van der Waals surface area contributed by atoms with Crippen molar-refractivity contribution < 1.29 is 0 Å². The minimum atomic E-state index is 0.762. The van der Waals surface area contributed by atoms with Gasteiger partial charge in [0.05, 0.1) is 0 Å².